The maximum absolute atomic E-state index is 7.49. The lowest BCUT2D eigenvalue weighted by Gasteiger charge is -2.32. The Morgan fingerprint density at radius 2 is 0.667 bits per heavy atom. The maximum Gasteiger partial charge on any atom is 0.530 e. The van der Waals surface area contributed by atoms with Crippen LogP contribution in [0.2, 0.25) is 0 Å². The molecule has 5 aromatic carbocycles. The summed E-state index contributed by atoms with van der Waals surface area (Å²) >= 11 is 0. The van der Waals surface area contributed by atoms with E-state index in [1.165, 1.54) is 5.56 Å². The predicted molar refractivity (Wildman–Crippen MR) is 298 cm³/mol. The third-order valence-corrected chi connectivity index (χ3v) is 14.4. The summed E-state index contributed by atoms with van der Waals surface area (Å²) in [6.07, 6.45) is 0. The van der Waals surface area contributed by atoms with Gasteiger partial charge in [0.05, 0.1) is 28.4 Å². The Hall–Kier alpha value is -4.88. The van der Waals surface area contributed by atoms with Gasteiger partial charge in [0.25, 0.3) is 0 Å². The fraction of sp³-hybridized carbons (Fsp3) is 0.500. The molecule has 0 aromatic heterocycles. The summed E-state index contributed by atoms with van der Waals surface area (Å²) in [6, 6.07) is 24.2. The quantitative estimate of drug-likeness (QED) is 0.0890. The summed E-state index contributed by atoms with van der Waals surface area (Å²) in [7, 11) is 3.93. The molecule has 0 bridgehead atoms. The molecule has 0 N–H and O–H groups in total. The molecule has 0 spiro atoms. The Labute approximate surface area is 435 Å². The zero-order valence-electron chi connectivity index (χ0n) is 47.9. The van der Waals surface area contributed by atoms with Gasteiger partial charge in [-0.15, -0.1) is 0 Å². The molecule has 5 aromatic rings. The van der Waals surface area contributed by atoms with Crippen LogP contribution < -0.4 is 41.6 Å². The first-order valence-electron chi connectivity index (χ1n) is 24.7. The second kappa shape index (κ2) is 21.9. The third kappa shape index (κ3) is 13.8. The van der Waals surface area contributed by atoms with Crippen molar-refractivity contribution in [3.63, 3.8) is 0 Å². The number of benzene rings is 5. The van der Waals surface area contributed by atoms with Gasteiger partial charge in [-0.3, -0.25) is 4.52 Å². The van der Waals surface area contributed by atoms with Crippen LogP contribution in [0, 0.1) is 6.92 Å². The molecule has 5 rings (SSSR count). The van der Waals surface area contributed by atoms with Crippen molar-refractivity contribution >= 4 is 17.2 Å². The molecule has 0 radical (unpaired) electrons. The Morgan fingerprint density at radius 1 is 0.319 bits per heavy atom. The largest absolute Gasteiger partial charge is 0.530 e. The van der Waals surface area contributed by atoms with E-state index in [4.69, 9.17) is 46.1 Å². The van der Waals surface area contributed by atoms with Crippen LogP contribution in [-0.2, 0) is 37.0 Å². The van der Waals surface area contributed by atoms with E-state index in [1.54, 1.807) is 35.5 Å². The third-order valence-electron chi connectivity index (χ3n) is 12.4. The highest BCUT2D eigenvalue weighted by molar-refractivity contribution is 7.43. The number of ether oxygens (including phenoxy) is 4. The van der Waals surface area contributed by atoms with E-state index in [2.05, 4.69) is 137 Å². The zero-order chi connectivity index (χ0) is 54.1. The summed E-state index contributed by atoms with van der Waals surface area (Å²) in [4.78, 5) is 0. The maximum atomic E-state index is 7.49. The molecule has 0 heterocycles. The molecule has 394 valence electrons. The Bertz CT molecular complexity index is 2690. The van der Waals surface area contributed by atoms with Crippen LogP contribution in [0.5, 0.6) is 51.7 Å². The summed E-state index contributed by atoms with van der Waals surface area (Å²) < 4.78 is 65.9. The summed E-state index contributed by atoms with van der Waals surface area (Å²) in [5.74, 6) is 5.65. The van der Waals surface area contributed by atoms with E-state index in [9.17, 15) is 0 Å². The summed E-state index contributed by atoms with van der Waals surface area (Å²) in [6.45, 7) is 41.0. The minimum absolute atomic E-state index is 0.0641. The number of hydrogen-bond donors (Lipinski definition) is 0. The predicted octanol–water partition coefficient (Wildman–Crippen LogP) is 17.6. The van der Waals surface area contributed by atoms with E-state index in [-0.39, 0.29) is 21.7 Å². The molecule has 2 atom stereocenters. The molecule has 0 aliphatic carbocycles. The van der Waals surface area contributed by atoms with E-state index in [0.29, 0.717) is 57.1 Å². The lowest BCUT2D eigenvalue weighted by atomic mass is 9.80. The van der Waals surface area contributed by atoms with Gasteiger partial charge in [0.1, 0.15) is 51.7 Å². The standard InChI is InChI=1S/C60H84O10P2/c1-37-29-40(62-21)34-47(58(11,12)13)52(37)68-72(67-51-28-26-39(61-20)33-46(51)57(8,9)10)70-54-44(32-42(64-23)36-49(54)60(17,18)19)43-31-41(63-22)35-48(59(14,15)16)53(43)69-71(65-24)66-50-27-25-38(55(2,3)4)30-45(50)56(5,6)7/h25-36H,1-24H3. The first kappa shape index (κ1) is 58.0. The Balaban J connectivity index is 1.86. The van der Waals surface area contributed by atoms with E-state index in [0.717, 1.165) is 39.1 Å². The van der Waals surface area contributed by atoms with Gasteiger partial charge in [0, 0.05) is 46.1 Å². The molecule has 0 amide bonds. The van der Waals surface area contributed by atoms with Crippen molar-refractivity contribution in [1.82, 2.24) is 0 Å². The van der Waals surface area contributed by atoms with Crippen LogP contribution in [0.3, 0.4) is 0 Å². The van der Waals surface area contributed by atoms with Crippen molar-refractivity contribution in [2.45, 2.75) is 164 Å². The van der Waals surface area contributed by atoms with E-state index in [1.807, 2.05) is 67.6 Å². The molecule has 0 saturated carbocycles. The topological polar surface area (TPSA) is 92.3 Å². The van der Waals surface area contributed by atoms with E-state index >= 15 is 0 Å². The van der Waals surface area contributed by atoms with Crippen LogP contribution in [0.25, 0.3) is 11.1 Å². The average molecular weight is 1030 g/mol. The van der Waals surface area contributed by atoms with Crippen LogP contribution in [-0.4, -0.2) is 35.5 Å². The second-order valence-electron chi connectivity index (χ2n) is 24.6. The van der Waals surface area contributed by atoms with E-state index < -0.39 is 28.0 Å². The molecule has 0 aliphatic heterocycles. The second-order valence-corrected chi connectivity index (χ2v) is 26.8. The fourth-order valence-corrected chi connectivity index (χ4v) is 10.2. The van der Waals surface area contributed by atoms with Crippen molar-refractivity contribution in [3.05, 3.63) is 112 Å². The van der Waals surface area contributed by atoms with Gasteiger partial charge in [0.15, 0.2) is 0 Å². The SMILES string of the molecule is COc1ccc(OP(Oc2c(C)cc(OC)cc2C(C)(C)C)Oc2c(-c3cc(OC)cc(C(C)(C)C)c3OP(OC)Oc3ccc(C(C)(C)C)cc3C(C)(C)C)cc(OC)cc2C(C)(C)C)c(C(C)(C)C)c1. The Morgan fingerprint density at radius 3 is 1.07 bits per heavy atom. The monoisotopic (exact) mass is 1030 g/mol. The minimum atomic E-state index is -2.31. The van der Waals surface area contributed by atoms with Crippen molar-refractivity contribution in [1.29, 1.82) is 0 Å². The lowest BCUT2D eigenvalue weighted by Crippen LogP contribution is -2.18. The highest BCUT2D eigenvalue weighted by Crippen LogP contribution is 2.57. The van der Waals surface area contributed by atoms with Crippen molar-refractivity contribution in [2.24, 2.45) is 0 Å². The van der Waals surface area contributed by atoms with Crippen LogP contribution >= 0.6 is 17.2 Å². The van der Waals surface area contributed by atoms with Crippen LogP contribution in [0.15, 0.2) is 72.8 Å². The molecular formula is C60H84O10P2. The molecule has 72 heavy (non-hydrogen) atoms. The lowest BCUT2D eigenvalue weighted by molar-refractivity contribution is 0.317. The van der Waals surface area contributed by atoms with Gasteiger partial charge in [-0.25, -0.2) is 0 Å². The minimum Gasteiger partial charge on any atom is -0.497 e. The normalized spacial score (nSPS) is 13.5. The molecule has 10 nitrogen and oxygen atoms in total. The number of hydrogen-bond acceptors (Lipinski definition) is 10. The highest BCUT2D eigenvalue weighted by Gasteiger charge is 2.37. The summed E-state index contributed by atoms with van der Waals surface area (Å²) in [5, 5.41) is 0. The number of methoxy groups -OCH3 is 4. The van der Waals surface area contributed by atoms with Crippen LogP contribution in [0.1, 0.15) is 164 Å². The van der Waals surface area contributed by atoms with Gasteiger partial charge in [-0.2, -0.15) is 0 Å². The number of rotatable bonds is 16. The average Bonchev–Trinajstić information content (AvgIpc) is 3.27. The van der Waals surface area contributed by atoms with Gasteiger partial charge in [0.2, 0.25) is 0 Å². The highest BCUT2D eigenvalue weighted by atomic mass is 31.2. The van der Waals surface area contributed by atoms with Gasteiger partial charge < -0.3 is 41.6 Å². The van der Waals surface area contributed by atoms with Crippen molar-refractivity contribution in [2.75, 3.05) is 35.5 Å². The first-order chi connectivity index (χ1) is 33.1. The molecular weight excluding hydrogens is 943 g/mol. The molecule has 0 aliphatic rings. The first-order valence-corrected chi connectivity index (χ1v) is 26.9. The van der Waals surface area contributed by atoms with Gasteiger partial charge >= 0.3 is 17.2 Å². The fourth-order valence-electron chi connectivity index (χ4n) is 8.19. The van der Waals surface area contributed by atoms with Crippen molar-refractivity contribution in [3.8, 4) is 62.9 Å². The Kier molecular flexibility index (Phi) is 17.7. The molecule has 12 heteroatoms. The van der Waals surface area contributed by atoms with Crippen molar-refractivity contribution < 1.29 is 46.1 Å². The summed E-state index contributed by atoms with van der Waals surface area (Å²) in [5.41, 5.74) is 6.03. The number of aryl methyl sites for hydroxylation is 1. The molecule has 0 fully saturated rings. The smallest absolute Gasteiger partial charge is 0.497 e. The van der Waals surface area contributed by atoms with Crippen LogP contribution in [0.4, 0.5) is 0 Å². The zero-order valence-corrected chi connectivity index (χ0v) is 49.7. The van der Waals surface area contributed by atoms with Gasteiger partial charge in [-0.1, -0.05) is 137 Å². The molecule has 2 unspecified atom stereocenters. The van der Waals surface area contributed by atoms with Gasteiger partial charge in [-0.05, 0) is 111 Å². The molecule has 0 saturated heterocycles.